The van der Waals surface area contributed by atoms with Crippen molar-refractivity contribution in [2.45, 2.75) is 36.5 Å². The first-order chi connectivity index (χ1) is 14.0. The Hall–Kier alpha value is -1.90. The number of piperidine rings is 1. The van der Waals surface area contributed by atoms with E-state index in [0.717, 1.165) is 31.4 Å². The van der Waals surface area contributed by atoms with Crippen LogP contribution in [0.5, 0.6) is 5.75 Å². The lowest BCUT2D eigenvalue weighted by Crippen LogP contribution is -2.37. The van der Waals surface area contributed by atoms with Crippen molar-refractivity contribution in [1.82, 2.24) is 9.21 Å². The van der Waals surface area contributed by atoms with Crippen molar-refractivity contribution in [2.24, 2.45) is 0 Å². The van der Waals surface area contributed by atoms with Crippen molar-refractivity contribution in [3.8, 4) is 5.75 Å². The smallest absolute Gasteiger partial charge is 0.265 e. The molecule has 29 heavy (non-hydrogen) atoms. The Kier molecular flexibility index (Phi) is 5.94. The van der Waals surface area contributed by atoms with Crippen LogP contribution < -0.4 is 4.74 Å². The molecule has 0 bridgehead atoms. The van der Waals surface area contributed by atoms with Crippen molar-refractivity contribution < 1.29 is 17.9 Å². The Bertz CT molecular complexity index is 963. The minimum absolute atomic E-state index is 0.169. The van der Waals surface area contributed by atoms with Crippen LogP contribution in [0.4, 0.5) is 0 Å². The molecule has 6 nitrogen and oxygen atoms in total. The van der Waals surface area contributed by atoms with Crippen LogP contribution in [-0.4, -0.2) is 56.8 Å². The highest BCUT2D eigenvalue weighted by Gasteiger charge is 2.34. The number of benzene rings is 1. The second-order valence-corrected chi connectivity index (χ2v) is 10.4. The summed E-state index contributed by atoms with van der Waals surface area (Å²) in [6.07, 6.45) is 3.68. The molecule has 0 spiro atoms. The van der Waals surface area contributed by atoms with Gasteiger partial charge in [-0.3, -0.25) is 4.79 Å². The summed E-state index contributed by atoms with van der Waals surface area (Å²) in [5.41, 5.74) is 1.17. The number of rotatable bonds is 5. The molecule has 2 aromatic rings. The molecule has 1 aromatic carbocycles. The van der Waals surface area contributed by atoms with Gasteiger partial charge in [-0.1, -0.05) is 18.6 Å². The number of nitrogens with zero attached hydrogens (tertiary/aromatic N) is 2. The molecule has 0 saturated carbocycles. The van der Waals surface area contributed by atoms with Crippen LogP contribution in [0.3, 0.4) is 0 Å². The number of hydrogen-bond acceptors (Lipinski definition) is 5. The Morgan fingerprint density at radius 1 is 1.07 bits per heavy atom. The zero-order chi connectivity index (χ0) is 20.4. The predicted octanol–water partition coefficient (Wildman–Crippen LogP) is 3.56. The first kappa shape index (κ1) is 20.4. The molecule has 2 aliphatic rings. The Morgan fingerprint density at radius 3 is 2.48 bits per heavy atom. The van der Waals surface area contributed by atoms with E-state index in [0.29, 0.717) is 31.1 Å². The molecule has 1 aromatic heterocycles. The largest absolute Gasteiger partial charge is 0.497 e. The van der Waals surface area contributed by atoms with Gasteiger partial charge in [-0.15, -0.1) is 11.3 Å². The average Bonchev–Trinajstić information content (AvgIpc) is 3.44. The first-order valence-corrected chi connectivity index (χ1v) is 12.3. The fraction of sp³-hybridized carbons (Fsp3) is 0.476. The average molecular weight is 435 g/mol. The van der Waals surface area contributed by atoms with E-state index >= 15 is 0 Å². The van der Waals surface area contributed by atoms with E-state index in [9.17, 15) is 13.2 Å². The standard InChI is InChI=1S/C21H26N2O4S2/c1-27-18-7-5-16(6-8-18)17-9-13-22(15-17)21(24)20-19(10-14-28-20)29(25,26)23-11-3-2-4-12-23/h5-8,10,14,17H,2-4,9,11-13,15H2,1H3. The molecule has 1 amide bonds. The monoisotopic (exact) mass is 434 g/mol. The summed E-state index contributed by atoms with van der Waals surface area (Å²) in [4.78, 5) is 15.5. The molecule has 1 unspecified atom stereocenters. The molecule has 1 atom stereocenters. The minimum atomic E-state index is -3.61. The van der Waals surface area contributed by atoms with E-state index < -0.39 is 10.0 Å². The predicted molar refractivity (Wildman–Crippen MR) is 113 cm³/mol. The van der Waals surface area contributed by atoms with Gasteiger partial charge in [0.25, 0.3) is 5.91 Å². The number of amides is 1. The molecule has 0 aliphatic carbocycles. The van der Waals surface area contributed by atoms with Crippen LogP contribution in [-0.2, 0) is 10.0 Å². The molecule has 0 radical (unpaired) electrons. The first-order valence-electron chi connectivity index (χ1n) is 10.0. The summed E-state index contributed by atoms with van der Waals surface area (Å²) in [6, 6.07) is 9.52. The fourth-order valence-corrected chi connectivity index (χ4v) is 7.02. The molecule has 8 heteroatoms. The number of likely N-dealkylation sites (tertiary alicyclic amines) is 1. The lowest BCUT2D eigenvalue weighted by molar-refractivity contribution is 0.0792. The van der Waals surface area contributed by atoms with E-state index in [-0.39, 0.29) is 16.7 Å². The maximum atomic E-state index is 13.2. The van der Waals surface area contributed by atoms with Gasteiger partial charge in [0.1, 0.15) is 15.5 Å². The van der Waals surface area contributed by atoms with Crippen LogP contribution in [0.2, 0.25) is 0 Å². The molecular weight excluding hydrogens is 408 g/mol. The Balaban J connectivity index is 1.50. The van der Waals surface area contributed by atoms with Gasteiger partial charge >= 0.3 is 0 Å². The number of carbonyl (C=O) groups excluding carboxylic acids is 1. The van der Waals surface area contributed by atoms with Crippen molar-refractivity contribution in [2.75, 3.05) is 33.3 Å². The van der Waals surface area contributed by atoms with Crippen molar-refractivity contribution in [1.29, 1.82) is 0 Å². The third-order valence-electron chi connectivity index (χ3n) is 5.82. The summed E-state index contributed by atoms with van der Waals surface area (Å²) >= 11 is 1.22. The quantitative estimate of drug-likeness (QED) is 0.722. The highest BCUT2D eigenvalue weighted by Crippen LogP contribution is 2.33. The van der Waals surface area contributed by atoms with Gasteiger partial charge in [-0.25, -0.2) is 8.42 Å². The zero-order valence-electron chi connectivity index (χ0n) is 16.5. The van der Waals surface area contributed by atoms with Gasteiger partial charge < -0.3 is 9.64 Å². The SMILES string of the molecule is COc1ccc(C2CCN(C(=O)c3sccc3S(=O)(=O)N3CCCCC3)C2)cc1. The lowest BCUT2D eigenvalue weighted by atomic mass is 9.98. The maximum absolute atomic E-state index is 13.2. The highest BCUT2D eigenvalue weighted by molar-refractivity contribution is 7.89. The van der Waals surface area contributed by atoms with E-state index in [2.05, 4.69) is 0 Å². The van der Waals surface area contributed by atoms with Gasteiger partial charge in [0, 0.05) is 32.1 Å². The van der Waals surface area contributed by atoms with Gasteiger partial charge in [0.15, 0.2) is 0 Å². The number of ether oxygens (including phenoxy) is 1. The van der Waals surface area contributed by atoms with Gasteiger partial charge in [0.2, 0.25) is 10.0 Å². The molecule has 2 aliphatic heterocycles. The number of methoxy groups -OCH3 is 1. The third kappa shape index (κ3) is 4.06. The molecule has 4 rings (SSSR count). The second kappa shape index (κ2) is 8.45. The summed E-state index contributed by atoms with van der Waals surface area (Å²) in [5, 5.41) is 1.71. The zero-order valence-corrected chi connectivity index (χ0v) is 18.2. The summed E-state index contributed by atoms with van der Waals surface area (Å²) in [7, 11) is -1.97. The molecular formula is C21H26N2O4S2. The van der Waals surface area contributed by atoms with Crippen LogP contribution in [0.25, 0.3) is 0 Å². The van der Waals surface area contributed by atoms with E-state index in [4.69, 9.17) is 4.74 Å². The lowest BCUT2D eigenvalue weighted by Gasteiger charge is -2.26. The van der Waals surface area contributed by atoms with Gasteiger partial charge in [-0.05, 0) is 48.4 Å². The normalized spacial score (nSPS) is 20.7. The molecule has 2 saturated heterocycles. The van der Waals surface area contributed by atoms with E-state index in [1.807, 2.05) is 24.3 Å². The van der Waals surface area contributed by atoms with E-state index in [1.54, 1.807) is 23.5 Å². The van der Waals surface area contributed by atoms with Crippen molar-refractivity contribution in [3.63, 3.8) is 0 Å². The Labute approximate surface area is 176 Å². The van der Waals surface area contributed by atoms with Crippen LogP contribution in [0.1, 0.15) is 46.8 Å². The number of sulfonamides is 1. The van der Waals surface area contributed by atoms with Crippen molar-refractivity contribution >= 4 is 27.3 Å². The number of thiophene rings is 1. The van der Waals surface area contributed by atoms with Crippen LogP contribution in [0, 0.1) is 0 Å². The van der Waals surface area contributed by atoms with Crippen molar-refractivity contribution in [3.05, 3.63) is 46.2 Å². The van der Waals surface area contributed by atoms with Gasteiger partial charge in [-0.2, -0.15) is 4.31 Å². The fourth-order valence-electron chi connectivity index (χ4n) is 4.14. The maximum Gasteiger partial charge on any atom is 0.265 e. The summed E-state index contributed by atoms with van der Waals surface area (Å²) in [5.74, 6) is 0.893. The number of hydrogen-bond donors (Lipinski definition) is 0. The number of carbonyl (C=O) groups is 1. The molecule has 0 N–H and O–H groups in total. The third-order valence-corrected chi connectivity index (χ3v) is 8.79. The van der Waals surface area contributed by atoms with E-state index in [1.165, 1.54) is 21.2 Å². The minimum Gasteiger partial charge on any atom is -0.497 e. The molecule has 156 valence electrons. The van der Waals surface area contributed by atoms with Crippen LogP contribution >= 0.6 is 11.3 Å². The topological polar surface area (TPSA) is 66.9 Å². The molecule has 2 fully saturated rings. The highest BCUT2D eigenvalue weighted by atomic mass is 32.2. The Morgan fingerprint density at radius 2 is 1.79 bits per heavy atom. The summed E-state index contributed by atoms with van der Waals surface area (Å²) in [6.45, 7) is 2.31. The van der Waals surface area contributed by atoms with Crippen LogP contribution in [0.15, 0.2) is 40.6 Å². The second-order valence-electron chi connectivity index (χ2n) is 7.59. The van der Waals surface area contributed by atoms with Gasteiger partial charge in [0.05, 0.1) is 7.11 Å². The molecule has 3 heterocycles. The summed E-state index contributed by atoms with van der Waals surface area (Å²) < 4.78 is 32.9.